The summed E-state index contributed by atoms with van der Waals surface area (Å²) in [5.74, 6) is -5.82. The first-order chi connectivity index (χ1) is 10.7. The molecule has 0 bridgehead atoms. The lowest BCUT2D eigenvalue weighted by Gasteiger charge is -2.21. The van der Waals surface area contributed by atoms with Gasteiger partial charge in [-0.3, -0.25) is 4.79 Å². The number of halogens is 2. The van der Waals surface area contributed by atoms with Gasteiger partial charge in [-0.1, -0.05) is 12.1 Å². The van der Waals surface area contributed by atoms with Gasteiger partial charge in [0.1, 0.15) is 6.04 Å². The smallest absolute Gasteiger partial charge is 0.337 e. The molecule has 9 heteroatoms. The molecule has 1 aromatic carbocycles. The van der Waals surface area contributed by atoms with Gasteiger partial charge in [0.25, 0.3) is 5.91 Å². The maximum Gasteiger partial charge on any atom is 0.337 e. The molecular weight excluding hydrogens is 332 g/mol. The van der Waals surface area contributed by atoms with E-state index in [4.69, 9.17) is 5.11 Å². The highest BCUT2D eigenvalue weighted by Crippen LogP contribution is 2.21. The van der Waals surface area contributed by atoms with Crippen LogP contribution in [-0.4, -0.2) is 48.6 Å². The highest BCUT2D eigenvalue weighted by molar-refractivity contribution is 7.90. The molecule has 2 rings (SSSR count). The first-order valence-electron chi connectivity index (χ1n) is 6.85. The van der Waals surface area contributed by atoms with Crippen LogP contribution in [0.1, 0.15) is 28.8 Å². The summed E-state index contributed by atoms with van der Waals surface area (Å²) in [5.41, 5.74) is 0.328. The van der Waals surface area contributed by atoms with Crippen molar-refractivity contribution >= 4 is 21.7 Å². The number of sulfone groups is 1. The number of amides is 1. The largest absolute Gasteiger partial charge is 0.480 e. The first kappa shape index (κ1) is 17.3. The summed E-state index contributed by atoms with van der Waals surface area (Å²) in [7, 11) is -4.53. The van der Waals surface area contributed by atoms with Gasteiger partial charge < -0.3 is 10.0 Å². The van der Waals surface area contributed by atoms with Crippen LogP contribution >= 0.6 is 0 Å². The van der Waals surface area contributed by atoms with Gasteiger partial charge in [-0.2, -0.15) is 8.78 Å². The van der Waals surface area contributed by atoms with Gasteiger partial charge in [0, 0.05) is 12.1 Å². The van der Waals surface area contributed by atoms with Crippen LogP contribution in [-0.2, 0) is 20.4 Å². The van der Waals surface area contributed by atoms with Gasteiger partial charge in [0.2, 0.25) is 9.84 Å². The van der Waals surface area contributed by atoms with E-state index in [1.165, 1.54) is 29.2 Å². The molecule has 0 unspecified atom stereocenters. The summed E-state index contributed by atoms with van der Waals surface area (Å²) in [4.78, 5) is 24.6. The standard InChI is InChI=1S/C14H15F2NO5S/c15-14(16)23(21,22)8-9-3-5-10(6-4-9)12(18)17-7-1-2-11(17)13(19)20/h3-6,11,14H,1-2,7-8H2,(H,19,20)/t11-/m1/s1. The molecule has 1 heterocycles. The van der Waals surface area contributed by atoms with E-state index in [0.29, 0.717) is 19.4 Å². The fraction of sp³-hybridized carbons (Fsp3) is 0.429. The minimum absolute atomic E-state index is 0.137. The van der Waals surface area contributed by atoms with Crippen molar-refractivity contribution in [1.82, 2.24) is 4.90 Å². The Morgan fingerprint density at radius 2 is 1.87 bits per heavy atom. The monoisotopic (exact) mass is 347 g/mol. The average molecular weight is 347 g/mol. The summed E-state index contributed by atoms with van der Waals surface area (Å²) in [6.45, 7) is 0.331. The molecule has 1 aromatic rings. The van der Waals surface area contributed by atoms with E-state index in [1.54, 1.807) is 0 Å². The van der Waals surface area contributed by atoms with Crippen molar-refractivity contribution in [2.45, 2.75) is 30.4 Å². The van der Waals surface area contributed by atoms with Crippen molar-refractivity contribution in [3.05, 3.63) is 35.4 Å². The molecule has 1 N–H and O–H groups in total. The normalized spacial score (nSPS) is 18.4. The predicted molar refractivity (Wildman–Crippen MR) is 76.8 cm³/mol. The van der Waals surface area contributed by atoms with Crippen LogP contribution in [0.3, 0.4) is 0 Å². The molecule has 1 aliphatic heterocycles. The Labute approximate surface area is 131 Å². The predicted octanol–water partition coefficient (Wildman–Crippen LogP) is 1.51. The van der Waals surface area contributed by atoms with E-state index in [9.17, 15) is 26.8 Å². The van der Waals surface area contributed by atoms with Gasteiger partial charge >= 0.3 is 11.7 Å². The number of carboxylic acid groups (broad SMARTS) is 1. The molecule has 126 valence electrons. The number of likely N-dealkylation sites (tertiary alicyclic amines) is 1. The third-order valence-electron chi connectivity index (χ3n) is 3.64. The number of benzene rings is 1. The minimum atomic E-state index is -4.53. The zero-order chi connectivity index (χ0) is 17.2. The molecule has 1 amide bonds. The Balaban J connectivity index is 2.13. The van der Waals surface area contributed by atoms with Crippen LogP contribution in [0.15, 0.2) is 24.3 Å². The molecule has 0 aromatic heterocycles. The Morgan fingerprint density at radius 1 is 1.26 bits per heavy atom. The van der Waals surface area contributed by atoms with Crippen molar-refractivity contribution in [1.29, 1.82) is 0 Å². The number of carboxylic acids is 1. The number of rotatable bonds is 5. The zero-order valence-electron chi connectivity index (χ0n) is 12.0. The van der Waals surface area contributed by atoms with E-state index in [0.717, 1.165) is 0 Å². The maximum absolute atomic E-state index is 12.3. The van der Waals surface area contributed by atoms with Crippen LogP contribution < -0.4 is 0 Å². The summed E-state index contributed by atoms with van der Waals surface area (Å²) in [6.07, 6.45) is 0.971. The second-order valence-corrected chi connectivity index (χ2v) is 7.23. The molecule has 0 aliphatic carbocycles. The molecule has 23 heavy (non-hydrogen) atoms. The number of aliphatic carboxylic acids is 1. The highest BCUT2D eigenvalue weighted by atomic mass is 32.2. The molecule has 1 aliphatic rings. The van der Waals surface area contributed by atoms with E-state index in [-0.39, 0.29) is 11.1 Å². The topological polar surface area (TPSA) is 91.8 Å². The minimum Gasteiger partial charge on any atom is -0.480 e. The molecule has 0 radical (unpaired) electrons. The lowest BCUT2D eigenvalue weighted by atomic mass is 10.1. The van der Waals surface area contributed by atoms with Crippen molar-refractivity contribution < 1.29 is 31.9 Å². The summed E-state index contributed by atoms with van der Waals surface area (Å²) >= 11 is 0. The summed E-state index contributed by atoms with van der Waals surface area (Å²) in [6, 6.07) is 4.31. The zero-order valence-corrected chi connectivity index (χ0v) is 12.8. The van der Waals surface area contributed by atoms with Crippen LogP contribution in [0.2, 0.25) is 0 Å². The maximum atomic E-state index is 12.3. The van der Waals surface area contributed by atoms with Crippen LogP contribution in [0.5, 0.6) is 0 Å². The average Bonchev–Trinajstić information content (AvgIpc) is 2.96. The Hall–Kier alpha value is -2.03. The first-order valence-corrected chi connectivity index (χ1v) is 8.56. The van der Waals surface area contributed by atoms with E-state index in [2.05, 4.69) is 0 Å². The Kier molecular flexibility index (Phi) is 4.98. The highest BCUT2D eigenvalue weighted by Gasteiger charge is 2.34. The van der Waals surface area contributed by atoms with E-state index in [1.807, 2.05) is 0 Å². The van der Waals surface area contributed by atoms with Gasteiger partial charge in [-0.15, -0.1) is 0 Å². The number of carbonyl (C=O) groups is 2. The SMILES string of the molecule is O=C(O)[C@H]1CCCN1C(=O)c1ccc(CS(=O)(=O)C(F)F)cc1. The molecule has 1 fully saturated rings. The van der Waals surface area contributed by atoms with Gasteiger partial charge in [0.15, 0.2) is 0 Å². The van der Waals surface area contributed by atoms with Crippen molar-refractivity contribution in [3.8, 4) is 0 Å². The second-order valence-electron chi connectivity index (χ2n) is 5.26. The van der Waals surface area contributed by atoms with Crippen LogP contribution in [0.4, 0.5) is 8.78 Å². The fourth-order valence-electron chi connectivity index (χ4n) is 2.47. The molecule has 1 saturated heterocycles. The number of nitrogens with zero attached hydrogens (tertiary/aromatic N) is 1. The van der Waals surface area contributed by atoms with Crippen molar-refractivity contribution in [2.24, 2.45) is 0 Å². The van der Waals surface area contributed by atoms with Gasteiger partial charge in [-0.25, -0.2) is 13.2 Å². The lowest BCUT2D eigenvalue weighted by Crippen LogP contribution is -2.40. The van der Waals surface area contributed by atoms with Crippen molar-refractivity contribution in [2.75, 3.05) is 6.54 Å². The van der Waals surface area contributed by atoms with Gasteiger partial charge in [0.05, 0.1) is 5.75 Å². The number of hydrogen-bond acceptors (Lipinski definition) is 4. The molecular formula is C14H15F2NO5S. The van der Waals surface area contributed by atoms with Crippen molar-refractivity contribution in [3.63, 3.8) is 0 Å². The van der Waals surface area contributed by atoms with E-state index >= 15 is 0 Å². The van der Waals surface area contributed by atoms with Crippen LogP contribution in [0, 0.1) is 0 Å². The lowest BCUT2D eigenvalue weighted by molar-refractivity contribution is -0.141. The Bertz CT molecular complexity index is 702. The third kappa shape index (κ3) is 3.84. The molecule has 6 nitrogen and oxygen atoms in total. The number of hydrogen-bond donors (Lipinski definition) is 1. The quantitative estimate of drug-likeness (QED) is 0.872. The fourth-order valence-corrected chi connectivity index (χ4v) is 3.25. The molecule has 0 saturated carbocycles. The summed E-state index contributed by atoms with van der Waals surface area (Å²) < 4.78 is 47.0. The van der Waals surface area contributed by atoms with Crippen LogP contribution in [0.25, 0.3) is 0 Å². The molecule has 1 atom stereocenters. The molecule has 0 spiro atoms. The summed E-state index contributed by atoms with van der Waals surface area (Å²) in [5, 5.41) is 9.07. The van der Waals surface area contributed by atoms with E-state index < -0.39 is 39.3 Å². The third-order valence-corrected chi connectivity index (χ3v) is 4.92. The van der Waals surface area contributed by atoms with Gasteiger partial charge in [-0.05, 0) is 30.5 Å². The number of alkyl halides is 2. The second kappa shape index (κ2) is 6.61. The Morgan fingerprint density at radius 3 is 2.39 bits per heavy atom. The number of carbonyl (C=O) groups excluding carboxylic acids is 1.